The van der Waals surface area contributed by atoms with Crippen LogP contribution in [0.5, 0.6) is 17.2 Å². The maximum Gasteiger partial charge on any atom is 0.231 e. The molecule has 1 N–H and O–H groups in total. The Labute approximate surface area is 113 Å². The Hall–Kier alpha value is -1.46. The summed E-state index contributed by atoms with van der Waals surface area (Å²) in [4.78, 5) is 2.47. The SMILES string of the molecule is c1cc2c(cc1OCCCN1CCNCC1)OCO2. The van der Waals surface area contributed by atoms with Gasteiger partial charge in [0.15, 0.2) is 11.5 Å². The first-order chi connectivity index (χ1) is 9.42. The lowest BCUT2D eigenvalue weighted by atomic mass is 10.3. The van der Waals surface area contributed by atoms with Gasteiger partial charge in [-0.05, 0) is 18.6 Å². The van der Waals surface area contributed by atoms with E-state index in [0.717, 1.165) is 63.0 Å². The van der Waals surface area contributed by atoms with E-state index in [0.29, 0.717) is 6.79 Å². The van der Waals surface area contributed by atoms with Gasteiger partial charge < -0.3 is 24.4 Å². The zero-order chi connectivity index (χ0) is 12.9. The number of nitrogens with zero attached hydrogens (tertiary/aromatic N) is 1. The van der Waals surface area contributed by atoms with E-state index in [2.05, 4.69) is 10.2 Å². The summed E-state index contributed by atoms with van der Waals surface area (Å²) in [6, 6.07) is 5.72. The van der Waals surface area contributed by atoms with Crippen LogP contribution in [-0.2, 0) is 0 Å². The molecule has 5 heteroatoms. The van der Waals surface area contributed by atoms with Gasteiger partial charge in [0.25, 0.3) is 0 Å². The molecule has 19 heavy (non-hydrogen) atoms. The van der Waals surface area contributed by atoms with Crippen molar-refractivity contribution in [3.63, 3.8) is 0 Å². The first-order valence-electron chi connectivity index (χ1n) is 6.87. The second kappa shape index (κ2) is 6.12. The fourth-order valence-corrected chi connectivity index (χ4v) is 2.38. The summed E-state index contributed by atoms with van der Waals surface area (Å²) in [5, 5.41) is 3.36. The molecule has 0 radical (unpaired) electrons. The Morgan fingerprint density at radius 3 is 2.89 bits per heavy atom. The van der Waals surface area contributed by atoms with Crippen molar-refractivity contribution < 1.29 is 14.2 Å². The van der Waals surface area contributed by atoms with Crippen molar-refractivity contribution in [2.45, 2.75) is 6.42 Å². The second-order valence-electron chi connectivity index (χ2n) is 4.81. The molecule has 1 aromatic rings. The summed E-state index contributed by atoms with van der Waals surface area (Å²) in [5.74, 6) is 2.43. The van der Waals surface area contributed by atoms with E-state index in [4.69, 9.17) is 14.2 Å². The summed E-state index contributed by atoms with van der Waals surface area (Å²) in [7, 11) is 0. The molecule has 0 unspecified atom stereocenters. The standard InChI is InChI=1S/C14H20N2O3/c1(6-16-7-4-15-5-8-16)9-17-12-2-3-13-14(10-12)19-11-18-13/h2-3,10,15H,1,4-9,11H2. The minimum Gasteiger partial charge on any atom is -0.493 e. The molecule has 0 amide bonds. The zero-order valence-corrected chi connectivity index (χ0v) is 11.1. The predicted molar refractivity (Wildman–Crippen MR) is 72.0 cm³/mol. The molecular formula is C14H20N2O3. The van der Waals surface area contributed by atoms with Crippen molar-refractivity contribution in [2.24, 2.45) is 0 Å². The van der Waals surface area contributed by atoms with E-state index in [-0.39, 0.29) is 0 Å². The van der Waals surface area contributed by atoms with Crippen LogP contribution in [0.15, 0.2) is 18.2 Å². The minimum atomic E-state index is 0.307. The summed E-state index contributed by atoms with van der Waals surface area (Å²) in [5.41, 5.74) is 0. The highest BCUT2D eigenvalue weighted by atomic mass is 16.7. The fraction of sp³-hybridized carbons (Fsp3) is 0.571. The smallest absolute Gasteiger partial charge is 0.231 e. The van der Waals surface area contributed by atoms with Crippen LogP contribution in [0.1, 0.15) is 6.42 Å². The molecule has 3 rings (SSSR count). The Balaban J connectivity index is 1.40. The van der Waals surface area contributed by atoms with Gasteiger partial charge in [0.05, 0.1) is 6.61 Å². The maximum atomic E-state index is 5.74. The third-order valence-corrected chi connectivity index (χ3v) is 3.44. The van der Waals surface area contributed by atoms with Gasteiger partial charge in [-0.15, -0.1) is 0 Å². The Morgan fingerprint density at radius 2 is 2.00 bits per heavy atom. The highest BCUT2D eigenvalue weighted by Gasteiger charge is 2.13. The molecular weight excluding hydrogens is 244 g/mol. The Morgan fingerprint density at radius 1 is 1.16 bits per heavy atom. The second-order valence-corrected chi connectivity index (χ2v) is 4.81. The molecule has 0 aliphatic carbocycles. The molecule has 1 saturated heterocycles. The van der Waals surface area contributed by atoms with Gasteiger partial charge in [-0.25, -0.2) is 0 Å². The zero-order valence-electron chi connectivity index (χ0n) is 11.1. The van der Waals surface area contributed by atoms with Crippen LogP contribution in [0, 0.1) is 0 Å². The molecule has 0 atom stereocenters. The molecule has 104 valence electrons. The van der Waals surface area contributed by atoms with Crippen LogP contribution < -0.4 is 19.5 Å². The number of fused-ring (bicyclic) bond motifs is 1. The van der Waals surface area contributed by atoms with Crippen molar-refractivity contribution in [1.82, 2.24) is 10.2 Å². The van der Waals surface area contributed by atoms with Crippen LogP contribution in [0.2, 0.25) is 0 Å². The number of nitrogens with one attached hydrogen (secondary N) is 1. The summed E-state index contributed by atoms with van der Waals surface area (Å²) in [6.45, 7) is 6.64. The van der Waals surface area contributed by atoms with Crippen LogP contribution in [-0.4, -0.2) is 51.0 Å². The normalized spacial score (nSPS) is 18.5. The van der Waals surface area contributed by atoms with Crippen molar-refractivity contribution in [1.29, 1.82) is 0 Å². The first kappa shape index (κ1) is 12.6. The largest absolute Gasteiger partial charge is 0.493 e. The van der Waals surface area contributed by atoms with Gasteiger partial charge in [-0.3, -0.25) is 0 Å². The average Bonchev–Trinajstić information content (AvgIpc) is 2.92. The van der Waals surface area contributed by atoms with Crippen LogP contribution in [0.25, 0.3) is 0 Å². The van der Waals surface area contributed by atoms with Gasteiger partial charge in [0, 0.05) is 38.8 Å². The summed E-state index contributed by atoms with van der Waals surface area (Å²) >= 11 is 0. The van der Waals surface area contributed by atoms with Gasteiger partial charge in [0.2, 0.25) is 6.79 Å². The van der Waals surface area contributed by atoms with E-state index in [1.807, 2.05) is 18.2 Å². The molecule has 0 saturated carbocycles. The van der Waals surface area contributed by atoms with E-state index in [1.54, 1.807) is 0 Å². The summed E-state index contributed by atoms with van der Waals surface area (Å²) in [6.07, 6.45) is 1.05. The molecule has 0 aromatic heterocycles. The lowest BCUT2D eigenvalue weighted by Gasteiger charge is -2.26. The van der Waals surface area contributed by atoms with E-state index >= 15 is 0 Å². The molecule has 2 heterocycles. The number of piperazine rings is 1. The number of rotatable bonds is 5. The third-order valence-electron chi connectivity index (χ3n) is 3.44. The van der Waals surface area contributed by atoms with Gasteiger partial charge in [-0.2, -0.15) is 0 Å². The molecule has 0 spiro atoms. The lowest BCUT2D eigenvalue weighted by molar-refractivity contribution is 0.173. The van der Waals surface area contributed by atoms with Crippen molar-refractivity contribution in [3.05, 3.63) is 18.2 Å². The van der Waals surface area contributed by atoms with Crippen LogP contribution in [0.4, 0.5) is 0 Å². The number of hydrogen-bond donors (Lipinski definition) is 1. The van der Waals surface area contributed by atoms with Gasteiger partial charge in [0.1, 0.15) is 5.75 Å². The fourth-order valence-electron chi connectivity index (χ4n) is 2.38. The number of benzene rings is 1. The highest BCUT2D eigenvalue weighted by molar-refractivity contribution is 5.46. The van der Waals surface area contributed by atoms with Crippen molar-refractivity contribution in [2.75, 3.05) is 46.1 Å². The summed E-state index contributed by atoms with van der Waals surface area (Å²) < 4.78 is 16.3. The third kappa shape index (κ3) is 3.30. The van der Waals surface area contributed by atoms with Gasteiger partial charge in [-0.1, -0.05) is 0 Å². The highest BCUT2D eigenvalue weighted by Crippen LogP contribution is 2.35. The first-order valence-corrected chi connectivity index (χ1v) is 6.87. The maximum absolute atomic E-state index is 5.74. The Bertz CT molecular complexity index is 419. The molecule has 1 fully saturated rings. The van der Waals surface area contributed by atoms with Crippen LogP contribution >= 0.6 is 0 Å². The minimum absolute atomic E-state index is 0.307. The topological polar surface area (TPSA) is 43.0 Å². The van der Waals surface area contributed by atoms with E-state index in [1.165, 1.54) is 0 Å². The van der Waals surface area contributed by atoms with E-state index in [9.17, 15) is 0 Å². The monoisotopic (exact) mass is 264 g/mol. The Kier molecular flexibility index (Phi) is 4.05. The average molecular weight is 264 g/mol. The predicted octanol–water partition coefficient (Wildman–Crippen LogP) is 1.09. The molecule has 2 aliphatic rings. The molecule has 1 aromatic carbocycles. The molecule has 0 bridgehead atoms. The van der Waals surface area contributed by atoms with Gasteiger partial charge >= 0.3 is 0 Å². The quantitative estimate of drug-likeness (QED) is 0.806. The van der Waals surface area contributed by atoms with Crippen molar-refractivity contribution in [3.8, 4) is 17.2 Å². The lowest BCUT2D eigenvalue weighted by Crippen LogP contribution is -2.43. The van der Waals surface area contributed by atoms with E-state index < -0.39 is 0 Å². The molecule has 2 aliphatic heterocycles. The molecule has 5 nitrogen and oxygen atoms in total. The number of hydrogen-bond acceptors (Lipinski definition) is 5. The van der Waals surface area contributed by atoms with Crippen molar-refractivity contribution >= 4 is 0 Å². The van der Waals surface area contributed by atoms with Crippen LogP contribution in [0.3, 0.4) is 0 Å². The number of ether oxygens (including phenoxy) is 3.